The topological polar surface area (TPSA) is 50.9 Å². The van der Waals surface area contributed by atoms with Crippen molar-refractivity contribution < 1.29 is 0 Å². The monoisotopic (exact) mass is 253 g/mol. The zero-order chi connectivity index (χ0) is 11.5. The minimum absolute atomic E-state index is 0.678. The van der Waals surface area contributed by atoms with Crippen LogP contribution in [0.2, 0.25) is 5.02 Å². The van der Waals surface area contributed by atoms with Crippen molar-refractivity contribution in [2.75, 3.05) is 11.1 Å². The lowest BCUT2D eigenvalue weighted by Crippen LogP contribution is -2.00. The minimum Gasteiger partial charge on any atom is -0.397 e. The predicted octanol–water partition coefficient (Wildman–Crippen LogP) is 3.30. The Balaban J connectivity index is 2.07. The van der Waals surface area contributed by atoms with Crippen molar-refractivity contribution in [1.82, 2.24) is 4.98 Å². The molecule has 3 nitrogen and oxygen atoms in total. The van der Waals surface area contributed by atoms with Gasteiger partial charge in [-0.05, 0) is 25.1 Å². The van der Waals surface area contributed by atoms with Gasteiger partial charge in [0.15, 0.2) is 0 Å². The summed E-state index contributed by atoms with van der Waals surface area (Å²) in [6.07, 6.45) is 1.87. The number of hydrogen-bond donors (Lipinski definition) is 2. The number of nitrogens with zero attached hydrogens (tertiary/aromatic N) is 1. The Bertz CT molecular complexity index is 496. The van der Waals surface area contributed by atoms with Crippen molar-refractivity contribution in [1.29, 1.82) is 0 Å². The van der Waals surface area contributed by atoms with Gasteiger partial charge in [-0.3, -0.25) is 0 Å². The third-order valence-electron chi connectivity index (χ3n) is 2.14. The first-order chi connectivity index (χ1) is 7.65. The van der Waals surface area contributed by atoms with Crippen molar-refractivity contribution in [2.24, 2.45) is 0 Å². The second kappa shape index (κ2) is 4.72. The van der Waals surface area contributed by atoms with Crippen LogP contribution in [0, 0.1) is 6.92 Å². The number of thiazole rings is 1. The lowest BCUT2D eigenvalue weighted by atomic mass is 10.2. The van der Waals surface area contributed by atoms with Gasteiger partial charge in [0.1, 0.15) is 0 Å². The molecule has 16 heavy (non-hydrogen) atoms. The van der Waals surface area contributed by atoms with Crippen LogP contribution in [0.4, 0.5) is 11.4 Å². The maximum atomic E-state index is 5.90. The molecule has 0 radical (unpaired) electrons. The Hall–Kier alpha value is -1.26. The Kier molecular flexibility index (Phi) is 3.31. The molecule has 84 valence electrons. The Morgan fingerprint density at radius 1 is 1.50 bits per heavy atom. The number of aryl methyl sites for hydroxylation is 1. The molecular formula is C11H12ClN3S. The van der Waals surface area contributed by atoms with Gasteiger partial charge in [0.25, 0.3) is 0 Å². The number of halogens is 1. The third kappa shape index (κ3) is 2.65. The highest BCUT2D eigenvalue weighted by Crippen LogP contribution is 2.24. The zero-order valence-electron chi connectivity index (χ0n) is 8.83. The van der Waals surface area contributed by atoms with Gasteiger partial charge in [-0.1, -0.05) is 11.6 Å². The molecule has 1 heterocycles. The zero-order valence-corrected chi connectivity index (χ0v) is 10.4. The molecule has 0 amide bonds. The Morgan fingerprint density at radius 3 is 3.00 bits per heavy atom. The van der Waals surface area contributed by atoms with Crippen LogP contribution >= 0.6 is 22.9 Å². The van der Waals surface area contributed by atoms with Crippen LogP contribution in [0.25, 0.3) is 0 Å². The van der Waals surface area contributed by atoms with Crippen LogP contribution in [0.3, 0.4) is 0 Å². The molecule has 3 N–H and O–H groups in total. The molecule has 0 atom stereocenters. The quantitative estimate of drug-likeness (QED) is 0.826. The molecule has 0 aliphatic carbocycles. The van der Waals surface area contributed by atoms with E-state index in [0.29, 0.717) is 10.7 Å². The molecule has 1 aromatic heterocycles. The highest BCUT2D eigenvalue weighted by molar-refractivity contribution is 7.11. The molecular weight excluding hydrogens is 242 g/mol. The molecule has 0 unspecified atom stereocenters. The maximum Gasteiger partial charge on any atom is 0.0897 e. The third-order valence-corrected chi connectivity index (χ3v) is 3.29. The van der Waals surface area contributed by atoms with Gasteiger partial charge in [-0.2, -0.15) is 0 Å². The lowest BCUT2D eigenvalue weighted by molar-refractivity contribution is 1.17. The maximum absolute atomic E-state index is 5.90. The first-order valence-corrected chi connectivity index (χ1v) is 6.05. The first kappa shape index (κ1) is 11.2. The number of anilines is 2. The molecule has 2 rings (SSSR count). The standard InChI is InChI=1S/C11H12ClN3S/c1-7-14-5-9(16-7)6-15-11-4-8(12)2-3-10(11)13/h2-5,15H,6,13H2,1H3. The van der Waals surface area contributed by atoms with E-state index in [2.05, 4.69) is 10.3 Å². The van der Waals surface area contributed by atoms with E-state index < -0.39 is 0 Å². The molecule has 0 fully saturated rings. The molecule has 5 heteroatoms. The van der Waals surface area contributed by atoms with Crippen LogP contribution < -0.4 is 11.1 Å². The summed E-state index contributed by atoms with van der Waals surface area (Å²) in [6, 6.07) is 5.40. The average Bonchev–Trinajstić information content (AvgIpc) is 2.66. The minimum atomic E-state index is 0.678. The Morgan fingerprint density at radius 2 is 2.31 bits per heavy atom. The van der Waals surface area contributed by atoms with Crippen LogP contribution in [0.1, 0.15) is 9.88 Å². The van der Waals surface area contributed by atoms with E-state index >= 15 is 0 Å². The second-order valence-electron chi connectivity index (χ2n) is 3.43. The molecule has 1 aromatic carbocycles. The van der Waals surface area contributed by atoms with Crippen LogP contribution in [0.15, 0.2) is 24.4 Å². The number of hydrogen-bond acceptors (Lipinski definition) is 4. The molecule has 0 saturated carbocycles. The van der Waals surface area contributed by atoms with Gasteiger partial charge in [0.05, 0.1) is 22.9 Å². The number of nitrogen functional groups attached to an aromatic ring is 1. The molecule has 0 aliphatic rings. The summed E-state index contributed by atoms with van der Waals surface area (Å²) in [7, 11) is 0. The fourth-order valence-electron chi connectivity index (χ4n) is 1.35. The van der Waals surface area contributed by atoms with E-state index in [4.69, 9.17) is 17.3 Å². The van der Waals surface area contributed by atoms with Crippen LogP contribution in [0.5, 0.6) is 0 Å². The normalized spacial score (nSPS) is 10.4. The van der Waals surface area contributed by atoms with Crippen molar-refractivity contribution in [3.05, 3.63) is 39.3 Å². The van der Waals surface area contributed by atoms with E-state index in [-0.39, 0.29) is 0 Å². The van der Waals surface area contributed by atoms with Gasteiger partial charge >= 0.3 is 0 Å². The SMILES string of the molecule is Cc1ncc(CNc2cc(Cl)ccc2N)s1. The van der Waals surface area contributed by atoms with Gasteiger partial charge in [0.2, 0.25) is 0 Å². The average molecular weight is 254 g/mol. The van der Waals surface area contributed by atoms with E-state index in [1.54, 1.807) is 23.5 Å². The van der Waals surface area contributed by atoms with Crippen molar-refractivity contribution >= 4 is 34.3 Å². The fraction of sp³-hybridized carbons (Fsp3) is 0.182. The summed E-state index contributed by atoms with van der Waals surface area (Å²) in [5.74, 6) is 0. The van der Waals surface area contributed by atoms with Gasteiger partial charge in [-0.15, -0.1) is 11.3 Å². The first-order valence-electron chi connectivity index (χ1n) is 4.85. The van der Waals surface area contributed by atoms with Crippen LogP contribution in [-0.4, -0.2) is 4.98 Å². The van der Waals surface area contributed by atoms with Gasteiger partial charge in [-0.25, -0.2) is 4.98 Å². The van der Waals surface area contributed by atoms with Crippen molar-refractivity contribution in [3.63, 3.8) is 0 Å². The van der Waals surface area contributed by atoms with E-state index in [1.807, 2.05) is 19.2 Å². The summed E-state index contributed by atoms with van der Waals surface area (Å²) in [6.45, 7) is 2.71. The molecule has 0 aliphatic heterocycles. The smallest absolute Gasteiger partial charge is 0.0897 e. The molecule has 0 saturated heterocycles. The van der Waals surface area contributed by atoms with E-state index in [1.165, 1.54) is 4.88 Å². The molecule has 2 aromatic rings. The molecule has 0 spiro atoms. The summed E-state index contributed by atoms with van der Waals surface area (Å²) in [5.41, 5.74) is 7.38. The van der Waals surface area contributed by atoms with E-state index in [0.717, 1.165) is 17.2 Å². The van der Waals surface area contributed by atoms with Gasteiger partial charge in [0, 0.05) is 16.1 Å². The highest BCUT2D eigenvalue weighted by atomic mass is 35.5. The number of nitrogens with one attached hydrogen (secondary N) is 1. The van der Waals surface area contributed by atoms with Crippen molar-refractivity contribution in [2.45, 2.75) is 13.5 Å². The van der Waals surface area contributed by atoms with Crippen molar-refractivity contribution in [3.8, 4) is 0 Å². The number of rotatable bonds is 3. The second-order valence-corrected chi connectivity index (χ2v) is 5.19. The van der Waals surface area contributed by atoms with E-state index in [9.17, 15) is 0 Å². The Labute approximate surface area is 103 Å². The van der Waals surface area contributed by atoms with Crippen LogP contribution in [-0.2, 0) is 6.54 Å². The fourth-order valence-corrected chi connectivity index (χ4v) is 2.26. The highest BCUT2D eigenvalue weighted by Gasteiger charge is 2.01. The predicted molar refractivity (Wildman–Crippen MR) is 70.0 cm³/mol. The summed E-state index contributed by atoms with van der Waals surface area (Å²) in [4.78, 5) is 5.37. The summed E-state index contributed by atoms with van der Waals surface area (Å²) >= 11 is 7.57. The molecule has 0 bridgehead atoms. The lowest BCUT2D eigenvalue weighted by Gasteiger charge is -2.08. The number of benzene rings is 1. The number of aromatic nitrogens is 1. The van der Waals surface area contributed by atoms with Gasteiger partial charge < -0.3 is 11.1 Å². The number of nitrogens with two attached hydrogens (primary N) is 1. The largest absolute Gasteiger partial charge is 0.397 e. The summed E-state index contributed by atoms with van der Waals surface area (Å²) < 4.78 is 0. The summed E-state index contributed by atoms with van der Waals surface area (Å²) in [5, 5.41) is 4.99.